The Balaban J connectivity index is 5.49. The molecular weight excluding hydrogens is 278 g/mol. The van der Waals surface area contributed by atoms with E-state index in [2.05, 4.69) is 0 Å². The van der Waals surface area contributed by atoms with E-state index < -0.39 is 30.0 Å². The number of aliphatic hydroxyl groups is 2. The van der Waals surface area contributed by atoms with E-state index in [-0.39, 0.29) is 12.8 Å². The van der Waals surface area contributed by atoms with E-state index in [4.69, 9.17) is 5.11 Å². The number of aliphatic hydroxyl groups excluding tert-OH is 1. The maximum Gasteiger partial charge on any atom is 0.428 e. The summed E-state index contributed by atoms with van der Waals surface area (Å²) in [4.78, 5) is 0. The Morgan fingerprint density at radius 3 is 1.37 bits per heavy atom. The Morgan fingerprint density at radius 1 is 0.842 bits per heavy atom. The summed E-state index contributed by atoms with van der Waals surface area (Å²) in [5.74, 6) is -1.26. The van der Waals surface area contributed by atoms with E-state index >= 15 is 0 Å². The van der Waals surface area contributed by atoms with Crippen molar-refractivity contribution in [2.75, 3.05) is 0 Å². The number of rotatable bonds is 6. The fourth-order valence-electron chi connectivity index (χ4n) is 2.04. The summed E-state index contributed by atoms with van der Waals surface area (Å²) in [6, 6.07) is 0. The van der Waals surface area contributed by atoms with E-state index in [0.29, 0.717) is 12.8 Å². The minimum Gasteiger partial charge on any atom is -0.389 e. The maximum absolute atomic E-state index is 12.6. The van der Waals surface area contributed by atoms with Crippen molar-refractivity contribution in [1.29, 1.82) is 0 Å². The van der Waals surface area contributed by atoms with Crippen LogP contribution in [0.1, 0.15) is 39.5 Å². The summed E-state index contributed by atoms with van der Waals surface area (Å²) in [5, 5.41) is 18.5. The molecule has 19 heavy (non-hydrogen) atoms. The standard InChI is InChI=1S/C11H18F6O2/c1-3-5-7(6-4-2)8(18)9(19,10(12,13)14)11(15,16)17/h7-8,18-19H,3-6H2,1-2H3/t8-/m1/s1. The molecule has 0 aromatic rings. The average Bonchev–Trinajstić information content (AvgIpc) is 2.23. The zero-order valence-electron chi connectivity index (χ0n) is 10.6. The quantitative estimate of drug-likeness (QED) is 0.737. The monoisotopic (exact) mass is 296 g/mol. The Morgan fingerprint density at radius 2 is 1.16 bits per heavy atom. The lowest BCUT2D eigenvalue weighted by molar-refractivity contribution is -0.396. The van der Waals surface area contributed by atoms with Gasteiger partial charge in [-0.15, -0.1) is 0 Å². The smallest absolute Gasteiger partial charge is 0.389 e. The third kappa shape index (κ3) is 3.75. The van der Waals surface area contributed by atoms with Gasteiger partial charge in [-0.2, -0.15) is 26.3 Å². The van der Waals surface area contributed by atoms with Gasteiger partial charge in [0.15, 0.2) is 0 Å². The zero-order chi connectivity index (χ0) is 15.5. The molecule has 116 valence electrons. The third-order valence-electron chi connectivity index (χ3n) is 3.06. The van der Waals surface area contributed by atoms with Crippen LogP contribution < -0.4 is 0 Å². The first kappa shape index (κ1) is 18.5. The fraction of sp³-hybridized carbons (Fsp3) is 1.00. The van der Waals surface area contributed by atoms with Crippen molar-refractivity contribution in [1.82, 2.24) is 0 Å². The molecule has 0 spiro atoms. The van der Waals surface area contributed by atoms with Crippen molar-refractivity contribution in [2.24, 2.45) is 5.92 Å². The van der Waals surface area contributed by atoms with Crippen LogP contribution >= 0.6 is 0 Å². The molecule has 0 amide bonds. The zero-order valence-corrected chi connectivity index (χ0v) is 10.6. The first-order valence-corrected chi connectivity index (χ1v) is 5.97. The molecule has 0 aromatic heterocycles. The second-order valence-electron chi connectivity index (χ2n) is 4.54. The maximum atomic E-state index is 12.6. The molecule has 0 aliphatic carbocycles. The predicted molar refractivity (Wildman–Crippen MR) is 56.4 cm³/mol. The molecule has 2 nitrogen and oxygen atoms in total. The van der Waals surface area contributed by atoms with Crippen molar-refractivity contribution in [3.8, 4) is 0 Å². The van der Waals surface area contributed by atoms with Crippen LogP contribution in [-0.2, 0) is 0 Å². The van der Waals surface area contributed by atoms with Gasteiger partial charge in [-0.05, 0) is 18.8 Å². The van der Waals surface area contributed by atoms with Crippen molar-refractivity contribution >= 4 is 0 Å². The average molecular weight is 296 g/mol. The van der Waals surface area contributed by atoms with Crippen LogP contribution in [0.4, 0.5) is 26.3 Å². The van der Waals surface area contributed by atoms with E-state index in [0.717, 1.165) is 0 Å². The van der Waals surface area contributed by atoms with Gasteiger partial charge in [0.05, 0.1) is 0 Å². The van der Waals surface area contributed by atoms with Crippen LogP contribution in [0.3, 0.4) is 0 Å². The van der Waals surface area contributed by atoms with Crippen LogP contribution in [0.25, 0.3) is 0 Å². The Hall–Kier alpha value is -0.500. The molecule has 0 heterocycles. The number of alkyl halides is 6. The highest BCUT2D eigenvalue weighted by Gasteiger charge is 2.74. The molecule has 0 rings (SSSR count). The molecule has 0 aromatic carbocycles. The van der Waals surface area contributed by atoms with Crippen LogP contribution in [0.2, 0.25) is 0 Å². The lowest BCUT2D eigenvalue weighted by Gasteiger charge is -2.39. The molecule has 0 unspecified atom stereocenters. The van der Waals surface area contributed by atoms with Gasteiger partial charge in [-0.25, -0.2) is 0 Å². The highest BCUT2D eigenvalue weighted by molar-refractivity contribution is 5.01. The van der Waals surface area contributed by atoms with E-state index in [1.165, 1.54) is 0 Å². The Kier molecular flexibility index (Phi) is 6.13. The van der Waals surface area contributed by atoms with Crippen LogP contribution in [0.15, 0.2) is 0 Å². The molecule has 0 aliphatic rings. The topological polar surface area (TPSA) is 40.5 Å². The largest absolute Gasteiger partial charge is 0.428 e. The molecule has 0 radical (unpaired) electrons. The summed E-state index contributed by atoms with van der Waals surface area (Å²) in [5.41, 5.74) is -5.09. The summed E-state index contributed by atoms with van der Waals surface area (Å²) in [6.45, 7) is 3.16. The van der Waals surface area contributed by atoms with Crippen molar-refractivity contribution in [3.63, 3.8) is 0 Å². The first-order chi connectivity index (χ1) is 8.43. The van der Waals surface area contributed by atoms with Gasteiger partial charge in [0.25, 0.3) is 5.60 Å². The van der Waals surface area contributed by atoms with Crippen LogP contribution in [0.5, 0.6) is 0 Å². The van der Waals surface area contributed by atoms with Crippen LogP contribution in [-0.4, -0.2) is 34.3 Å². The lowest BCUT2D eigenvalue weighted by Crippen LogP contribution is -2.66. The number of hydrogen-bond acceptors (Lipinski definition) is 2. The van der Waals surface area contributed by atoms with E-state index in [9.17, 15) is 31.4 Å². The second kappa shape index (κ2) is 6.30. The molecule has 1 atom stereocenters. The van der Waals surface area contributed by atoms with Gasteiger partial charge in [-0.1, -0.05) is 26.7 Å². The summed E-state index contributed by atoms with van der Waals surface area (Å²) in [7, 11) is 0. The van der Waals surface area contributed by atoms with Gasteiger partial charge in [0, 0.05) is 0 Å². The summed E-state index contributed by atoms with van der Waals surface area (Å²) in [6.07, 6.45) is -14.3. The van der Waals surface area contributed by atoms with Crippen molar-refractivity contribution < 1.29 is 36.6 Å². The molecule has 0 saturated heterocycles. The molecule has 0 aliphatic heterocycles. The van der Waals surface area contributed by atoms with Crippen LogP contribution in [0, 0.1) is 5.92 Å². The second-order valence-corrected chi connectivity index (χ2v) is 4.54. The first-order valence-electron chi connectivity index (χ1n) is 5.97. The van der Waals surface area contributed by atoms with E-state index in [1.54, 1.807) is 13.8 Å². The molecule has 0 saturated carbocycles. The summed E-state index contributed by atoms with van der Waals surface area (Å²) >= 11 is 0. The fourth-order valence-corrected chi connectivity index (χ4v) is 2.04. The van der Waals surface area contributed by atoms with Gasteiger partial charge < -0.3 is 10.2 Å². The molecule has 0 bridgehead atoms. The third-order valence-corrected chi connectivity index (χ3v) is 3.06. The minimum absolute atomic E-state index is 0.0243. The normalized spacial score (nSPS) is 15.9. The SMILES string of the molecule is CCCC(CCC)[C@@H](O)C(O)(C(F)(F)F)C(F)(F)F. The minimum atomic E-state index is -5.98. The van der Waals surface area contributed by atoms with E-state index in [1.807, 2.05) is 0 Å². The van der Waals surface area contributed by atoms with Gasteiger partial charge in [0.2, 0.25) is 0 Å². The number of hydrogen-bond donors (Lipinski definition) is 2. The molecule has 0 fully saturated rings. The van der Waals surface area contributed by atoms with Gasteiger partial charge >= 0.3 is 12.4 Å². The number of halogens is 6. The highest BCUT2D eigenvalue weighted by atomic mass is 19.4. The van der Waals surface area contributed by atoms with Crippen molar-refractivity contribution in [2.45, 2.75) is 63.6 Å². The molecule has 2 N–H and O–H groups in total. The van der Waals surface area contributed by atoms with Crippen molar-refractivity contribution in [3.05, 3.63) is 0 Å². The Bertz CT molecular complexity index is 253. The Labute approximate surface area is 107 Å². The predicted octanol–water partition coefficient (Wildman–Crippen LogP) is 3.42. The highest BCUT2D eigenvalue weighted by Crippen LogP contribution is 2.47. The molecular formula is C11H18F6O2. The van der Waals surface area contributed by atoms with Gasteiger partial charge in [-0.3, -0.25) is 0 Å². The van der Waals surface area contributed by atoms with Gasteiger partial charge in [0.1, 0.15) is 6.10 Å². The molecule has 8 heteroatoms. The lowest BCUT2D eigenvalue weighted by atomic mass is 9.81. The summed E-state index contributed by atoms with van der Waals surface area (Å²) < 4.78 is 75.4.